The van der Waals surface area contributed by atoms with Crippen LogP contribution in [0.1, 0.15) is 50.5 Å². The zero-order chi connectivity index (χ0) is 14.5. The summed E-state index contributed by atoms with van der Waals surface area (Å²) in [6.45, 7) is 6.73. The van der Waals surface area contributed by atoms with Crippen LogP contribution in [0.5, 0.6) is 5.75 Å². The average molecular weight is 273 g/mol. The van der Waals surface area contributed by atoms with Crippen LogP contribution in [0.4, 0.5) is 0 Å². The van der Waals surface area contributed by atoms with Gasteiger partial charge in [-0.1, -0.05) is 25.1 Å². The summed E-state index contributed by atoms with van der Waals surface area (Å²) in [6, 6.07) is 10.3. The number of ether oxygens (including phenoxy) is 1. The summed E-state index contributed by atoms with van der Waals surface area (Å²) in [4.78, 5) is 0. The van der Waals surface area contributed by atoms with E-state index in [1.54, 1.807) is 0 Å². The van der Waals surface area contributed by atoms with E-state index in [1.165, 1.54) is 0 Å². The predicted molar refractivity (Wildman–Crippen MR) is 80.6 cm³/mol. The minimum atomic E-state index is -0.0381. The Kier molecular flexibility index (Phi) is 4.79. The van der Waals surface area contributed by atoms with Crippen LogP contribution in [-0.2, 0) is 6.61 Å². The van der Waals surface area contributed by atoms with Crippen LogP contribution in [0.3, 0.4) is 0 Å². The number of hydrogen-bond donors (Lipinski definition) is 1. The molecule has 0 amide bonds. The fourth-order valence-electron chi connectivity index (χ4n) is 2.03. The maximum atomic E-state index is 5.95. The molecule has 4 nitrogen and oxygen atoms in total. The van der Waals surface area contributed by atoms with Gasteiger partial charge in [-0.15, -0.1) is 0 Å². The normalized spacial score (nSPS) is 14.0. The van der Waals surface area contributed by atoms with Crippen LogP contribution >= 0.6 is 0 Å². The summed E-state index contributed by atoms with van der Waals surface area (Å²) in [5, 5.41) is 4.53. The highest BCUT2D eigenvalue weighted by molar-refractivity contribution is 5.35. The highest BCUT2D eigenvalue weighted by Gasteiger charge is 2.09. The number of aromatic nitrogens is 2. The maximum Gasteiger partial charge on any atom is 0.132 e. The fourth-order valence-corrected chi connectivity index (χ4v) is 2.03. The van der Waals surface area contributed by atoms with Gasteiger partial charge >= 0.3 is 0 Å². The van der Waals surface area contributed by atoms with Crippen LogP contribution in [0.15, 0.2) is 36.5 Å². The molecule has 0 spiro atoms. The molecule has 1 aromatic heterocycles. The van der Waals surface area contributed by atoms with Gasteiger partial charge in [-0.05, 0) is 32.4 Å². The van der Waals surface area contributed by atoms with Crippen molar-refractivity contribution >= 4 is 0 Å². The highest BCUT2D eigenvalue weighted by Crippen LogP contribution is 2.24. The fraction of sp³-hybridized carbons (Fsp3) is 0.438. The molecule has 0 radical (unpaired) electrons. The van der Waals surface area contributed by atoms with Crippen molar-refractivity contribution in [2.75, 3.05) is 0 Å². The lowest BCUT2D eigenvalue weighted by Crippen LogP contribution is -2.09. The van der Waals surface area contributed by atoms with Crippen molar-refractivity contribution < 1.29 is 4.74 Å². The monoisotopic (exact) mass is 273 g/mol. The van der Waals surface area contributed by atoms with E-state index in [9.17, 15) is 0 Å². The van der Waals surface area contributed by atoms with Crippen LogP contribution in [0.2, 0.25) is 0 Å². The first-order valence-corrected chi connectivity index (χ1v) is 7.13. The van der Waals surface area contributed by atoms with Crippen molar-refractivity contribution in [3.05, 3.63) is 47.8 Å². The molecule has 0 aliphatic rings. The second kappa shape index (κ2) is 6.57. The summed E-state index contributed by atoms with van der Waals surface area (Å²) in [5.41, 5.74) is 7.90. The quantitative estimate of drug-likeness (QED) is 0.877. The number of hydrogen-bond acceptors (Lipinski definition) is 3. The molecule has 1 aromatic carbocycles. The number of benzene rings is 1. The Bertz CT molecular complexity index is 548. The molecule has 0 saturated heterocycles. The molecule has 2 rings (SSSR count). The molecule has 0 aliphatic carbocycles. The maximum absolute atomic E-state index is 5.95. The van der Waals surface area contributed by atoms with E-state index in [-0.39, 0.29) is 6.04 Å². The first-order valence-electron chi connectivity index (χ1n) is 7.13. The van der Waals surface area contributed by atoms with Crippen molar-refractivity contribution in [1.29, 1.82) is 0 Å². The summed E-state index contributed by atoms with van der Waals surface area (Å²) < 4.78 is 7.84. The second-order valence-corrected chi connectivity index (χ2v) is 5.16. The van der Waals surface area contributed by atoms with E-state index in [0.29, 0.717) is 12.6 Å². The molecule has 20 heavy (non-hydrogen) atoms. The molecular weight excluding hydrogens is 250 g/mol. The highest BCUT2D eigenvalue weighted by atomic mass is 16.5. The van der Waals surface area contributed by atoms with Crippen molar-refractivity contribution in [3.8, 4) is 5.75 Å². The van der Waals surface area contributed by atoms with Gasteiger partial charge in [-0.25, -0.2) is 0 Å². The Labute approximate surface area is 120 Å². The Balaban J connectivity index is 2.04. The van der Waals surface area contributed by atoms with Crippen molar-refractivity contribution in [1.82, 2.24) is 9.78 Å². The Morgan fingerprint density at radius 2 is 2.00 bits per heavy atom. The lowest BCUT2D eigenvalue weighted by molar-refractivity contribution is 0.293. The van der Waals surface area contributed by atoms with E-state index in [4.69, 9.17) is 10.5 Å². The van der Waals surface area contributed by atoms with Crippen LogP contribution < -0.4 is 10.5 Å². The van der Waals surface area contributed by atoms with Gasteiger partial charge in [-0.2, -0.15) is 5.10 Å². The van der Waals surface area contributed by atoms with E-state index in [2.05, 4.69) is 18.9 Å². The van der Waals surface area contributed by atoms with Gasteiger partial charge in [0.05, 0.1) is 5.69 Å². The van der Waals surface area contributed by atoms with Gasteiger partial charge in [0, 0.05) is 23.8 Å². The molecular formula is C16H23N3O. The number of nitrogens with zero attached hydrogens (tertiary/aromatic N) is 2. The largest absolute Gasteiger partial charge is 0.487 e. The summed E-state index contributed by atoms with van der Waals surface area (Å²) in [6.07, 6.45) is 3.07. The first kappa shape index (κ1) is 14.6. The summed E-state index contributed by atoms with van der Waals surface area (Å²) in [7, 11) is 0. The van der Waals surface area contributed by atoms with E-state index in [0.717, 1.165) is 23.4 Å². The van der Waals surface area contributed by atoms with Gasteiger partial charge in [0.25, 0.3) is 0 Å². The van der Waals surface area contributed by atoms with Gasteiger partial charge < -0.3 is 10.5 Å². The van der Waals surface area contributed by atoms with E-state index >= 15 is 0 Å². The van der Waals surface area contributed by atoms with Crippen LogP contribution in [-0.4, -0.2) is 9.78 Å². The Morgan fingerprint density at radius 1 is 1.25 bits per heavy atom. The van der Waals surface area contributed by atoms with Gasteiger partial charge in [0.15, 0.2) is 0 Å². The first-order chi connectivity index (χ1) is 9.61. The number of nitrogens with two attached hydrogens (primary N) is 1. The van der Waals surface area contributed by atoms with E-state index < -0.39 is 0 Å². The topological polar surface area (TPSA) is 53.1 Å². The number of para-hydroxylation sites is 1. The lowest BCUT2D eigenvalue weighted by Gasteiger charge is -2.13. The van der Waals surface area contributed by atoms with Crippen LogP contribution in [0.25, 0.3) is 0 Å². The molecule has 1 heterocycles. The molecule has 2 N–H and O–H groups in total. The predicted octanol–water partition coefficient (Wildman–Crippen LogP) is 3.45. The van der Waals surface area contributed by atoms with Gasteiger partial charge in [0.2, 0.25) is 0 Å². The molecule has 0 aliphatic heterocycles. The number of rotatable bonds is 6. The molecule has 2 aromatic rings. The van der Waals surface area contributed by atoms with Crippen molar-refractivity contribution in [2.24, 2.45) is 5.73 Å². The molecule has 4 heteroatoms. The molecule has 0 saturated carbocycles. The summed E-state index contributed by atoms with van der Waals surface area (Å²) in [5.74, 6) is 0.834. The minimum Gasteiger partial charge on any atom is -0.487 e. The third-order valence-corrected chi connectivity index (χ3v) is 3.49. The zero-order valence-electron chi connectivity index (χ0n) is 12.4. The van der Waals surface area contributed by atoms with Crippen molar-refractivity contribution in [3.63, 3.8) is 0 Å². The Hall–Kier alpha value is -1.81. The Morgan fingerprint density at radius 3 is 2.70 bits per heavy atom. The summed E-state index contributed by atoms with van der Waals surface area (Å²) >= 11 is 0. The smallest absolute Gasteiger partial charge is 0.132 e. The SMILES string of the molecule is CCC(C)n1ccc(COc2ccccc2[C@@H](C)N)n1. The minimum absolute atomic E-state index is 0.0381. The lowest BCUT2D eigenvalue weighted by atomic mass is 10.1. The third kappa shape index (κ3) is 3.39. The standard InChI is InChI=1S/C16H23N3O/c1-4-12(2)19-10-9-14(18-19)11-20-16-8-6-5-7-15(16)13(3)17/h5-10,12-13H,4,11,17H2,1-3H3/t12?,13-/m1/s1. The molecule has 1 unspecified atom stereocenters. The van der Waals surface area contributed by atoms with E-state index in [1.807, 2.05) is 48.1 Å². The molecule has 0 fully saturated rings. The third-order valence-electron chi connectivity index (χ3n) is 3.49. The van der Waals surface area contributed by atoms with Gasteiger partial charge in [0.1, 0.15) is 12.4 Å². The molecule has 0 bridgehead atoms. The van der Waals surface area contributed by atoms with Gasteiger partial charge in [-0.3, -0.25) is 4.68 Å². The zero-order valence-corrected chi connectivity index (χ0v) is 12.4. The molecule has 108 valence electrons. The average Bonchev–Trinajstić information content (AvgIpc) is 2.93. The molecule has 2 atom stereocenters. The van der Waals surface area contributed by atoms with Crippen molar-refractivity contribution in [2.45, 2.75) is 45.9 Å². The van der Waals surface area contributed by atoms with Crippen LogP contribution in [0, 0.1) is 0 Å². The second-order valence-electron chi connectivity index (χ2n) is 5.16.